The fourth-order valence-electron chi connectivity index (χ4n) is 1.35. The highest BCUT2D eigenvalue weighted by Crippen LogP contribution is 2.01. The standard InChI is InChI=1S/C10H23N3O2/c1-9(2)13(6-4-8-15-3)7-5-10(11)12-14/h9,14H,4-8H2,1-3H3,(H2,11,12). The lowest BCUT2D eigenvalue weighted by Crippen LogP contribution is -2.35. The Morgan fingerprint density at radius 3 is 2.60 bits per heavy atom. The van der Waals surface area contributed by atoms with Crippen molar-refractivity contribution in [2.24, 2.45) is 10.9 Å². The van der Waals surface area contributed by atoms with Gasteiger partial charge in [0.2, 0.25) is 0 Å². The molecule has 0 aliphatic heterocycles. The van der Waals surface area contributed by atoms with Gasteiger partial charge in [0.1, 0.15) is 5.84 Å². The third kappa shape index (κ3) is 7.16. The Balaban J connectivity index is 3.83. The molecule has 0 atom stereocenters. The lowest BCUT2D eigenvalue weighted by atomic mass is 10.2. The Labute approximate surface area is 91.9 Å². The van der Waals surface area contributed by atoms with Gasteiger partial charge in [-0.25, -0.2) is 0 Å². The number of ether oxygens (including phenoxy) is 1. The monoisotopic (exact) mass is 217 g/mol. The van der Waals surface area contributed by atoms with Gasteiger partial charge in [-0.3, -0.25) is 0 Å². The van der Waals surface area contributed by atoms with Crippen molar-refractivity contribution < 1.29 is 9.94 Å². The van der Waals surface area contributed by atoms with E-state index in [2.05, 4.69) is 23.9 Å². The van der Waals surface area contributed by atoms with E-state index in [4.69, 9.17) is 15.7 Å². The summed E-state index contributed by atoms with van der Waals surface area (Å²) >= 11 is 0. The van der Waals surface area contributed by atoms with E-state index in [0.717, 1.165) is 26.1 Å². The van der Waals surface area contributed by atoms with Crippen LogP contribution in [0.2, 0.25) is 0 Å². The van der Waals surface area contributed by atoms with Crippen LogP contribution in [0, 0.1) is 0 Å². The Hall–Kier alpha value is -0.810. The molecule has 0 fully saturated rings. The highest BCUT2D eigenvalue weighted by Gasteiger charge is 2.09. The Morgan fingerprint density at radius 2 is 2.13 bits per heavy atom. The predicted octanol–water partition coefficient (Wildman–Crippen LogP) is 0.870. The van der Waals surface area contributed by atoms with E-state index in [1.165, 1.54) is 0 Å². The van der Waals surface area contributed by atoms with Gasteiger partial charge in [0.25, 0.3) is 0 Å². The molecule has 0 aromatic carbocycles. The van der Waals surface area contributed by atoms with Gasteiger partial charge in [-0.15, -0.1) is 0 Å². The van der Waals surface area contributed by atoms with Crippen molar-refractivity contribution in [3.8, 4) is 0 Å². The molecule has 5 heteroatoms. The predicted molar refractivity (Wildman–Crippen MR) is 61.2 cm³/mol. The molecule has 0 bridgehead atoms. The number of nitrogens with two attached hydrogens (primary N) is 1. The molecule has 90 valence electrons. The summed E-state index contributed by atoms with van der Waals surface area (Å²) in [6, 6.07) is 0.466. The van der Waals surface area contributed by atoms with Gasteiger partial charge in [0, 0.05) is 39.3 Å². The molecule has 0 unspecified atom stereocenters. The quantitative estimate of drug-likeness (QED) is 0.208. The lowest BCUT2D eigenvalue weighted by Gasteiger charge is -2.25. The maximum absolute atomic E-state index is 8.42. The molecule has 15 heavy (non-hydrogen) atoms. The highest BCUT2D eigenvalue weighted by atomic mass is 16.5. The third-order valence-electron chi connectivity index (χ3n) is 2.31. The van der Waals surface area contributed by atoms with Crippen LogP contribution in [0.25, 0.3) is 0 Å². The number of nitrogens with zero attached hydrogens (tertiary/aromatic N) is 2. The van der Waals surface area contributed by atoms with Gasteiger partial charge >= 0.3 is 0 Å². The van der Waals surface area contributed by atoms with Gasteiger partial charge in [-0.1, -0.05) is 5.16 Å². The van der Waals surface area contributed by atoms with Gasteiger partial charge in [-0.05, 0) is 20.3 Å². The number of methoxy groups -OCH3 is 1. The minimum absolute atomic E-state index is 0.285. The first kappa shape index (κ1) is 14.2. The number of hydrogen-bond acceptors (Lipinski definition) is 4. The van der Waals surface area contributed by atoms with E-state index < -0.39 is 0 Å². The maximum Gasteiger partial charge on any atom is 0.140 e. The van der Waals surface area contributed by atoms with E-state index in [1.807, 2.05) is 0 Å². The summed E-state index contributed by atoms with van der Waals surface area (Å²) in [4.78, 5) is 2.29. The molecule has 0 amide bonds. The van der Waals surface area contributed by atoms with E-state index in [1.54, 1.807) is 7.11 Å². The molecule has 0 aliphatic rings. The molecule has 0 saturated carbocycles. The van der Waals surface area contributed by atoms with Crippen LogP contribution >= 0.6 is 0 Å². The summed E-state index contributed by atoms with van der Waals surface area (Å²) in [5.74, 6) is 0.285. The summed E-state index contributed by atoms with van der Waals surface area (Å²) in [6.45, 7) is 6.84. The lowest BCUT2D eigenvalue weighted by molar-refractivity contribution is 0.159. The third-order valence-corrected chi connectivity index (χ3v) is 2.31. The minimum Gasteiger partial charge on any atom is -0.409 e. The van der Waals surface area contributed by atoms with Crippen LogP contribution in [-0.4, -0.2) is 48.8 Å². The minimum atomic E-state index is 0.285. The number of hydrogen-bond donors (Lipinski definition) is 2. The molecule has 0 rings (SSSR count). The summed E-state index contributed by atoms with van der Waals surface area (Å²) in [7, 11) is 1.70. The number of amidine groups is 1. The molecule has 5 nitrogen and oxygen atoms in total. The van der Waals surface area contributed by atoms with Gasteiger partial charge in [0.15, 0.2) is 0 Å². The molecule has 3 N–H and O–H groups in total. The Morgan fingerprint density at radius 1 is 1.47 bits per heavy atom. The summed E-state index contributed by atoms with van der Waals surface area (Å²) in [5.41, 5.74) is 5.42. The second-order valence-corrected chi connectivity index (χ2v) is 3.82. The van der Waals surface area contributed by atoms with E-state index >= 15 is 0 Å². The molecular weight excluding hydrogens is 194 g/mol. The van der Waals surface area contributed by atoms with Crippen LogP contribution in [0.3, 0.4) is 0 Å². The van der Waals surface area contributed by atoms with Crippen molar-refractivity contribution in [2.45, 2.75) is 32.7 Å². The Bertz CT molecular complexity index is 184. The molecule has 0 aromatic rings. The average molecular weight is 217 g/mol. The van der Waals surface area contributed by atoms with Gasteiger partial charge < -0.3 is 20.6 Å². The van der Waals surface area contributed by atoms with Crippen LogP contribution < -0.4 is 5.73 Å². The maximum atomic E-state index is 8.42. The second kappa shape index (κ2) is 8.49. The smallest absolute Gasteiger partial charge is 0.140 e. The van der Waals surface area contributed by atoms with Crippen LogP contribution in [-0.2, 0) is 4.74 Å². The molecule has 0 heterocycles. The van der Waals surface area contributed by atoms with Crippen molar-refractivity contribution in [1.82, 2.24) is 4.90 Å². The number of oxime groups is 1. The Kier molecular flexibility index (Phi) is 8.04. The van der Waals surface area contributed by atoms with E-state index in [9.17, 15) is 0 Å². The highest BCUT2D eigenvalue weighted by molar-refractivity contribution is 5.79. The average Bonchev–Trinajstić information content (AvgIpc) is 2.22. The first-order valence-electron chi connectivity index (χ1n) is 5.31. The molecule has 0 spiro atoms. The van der Waals surface area contributed by atoms with Crippen molar-refractivity contribution in [1.29, 1.82) is 0 Å². The molecule has 0 aromatic heterocycles. The SMILES string of the molecule is COCCCN(CCC(N)=NO)C(C)C. The molecule has 0 saturated heterocycles. The van der Waals surface area contributed by atoms with Gasteiger partial charge in [0.05, 0.1) is 0 Å². The normalized spacial score (nSPS) is 12.7. The van der Waals surface area contributed by atoms with Crippen molar-refractivity contribution >= 4 is 5.84 Å². The van der Waals surface area contributed by atoms with Crippen LogP contribution in [0.1, 0.15) is 26.7 Å². The summed E-state index contributed by atoms with van der Waals surface area (Å²) in [5, 5.41) is 11.4. The molecule has 0 aliphatic carbocycles. The zero-order chi connectivity index (χ0) is 11.7. The zero-order valence-electron chi connectivity index (χ0n) is 9.94. The van der Waals surface area contributed by atoms with Crippen molar-refractivity contribution in [3.05, 3.63) is 0 Å². The van der Waals surface area contributed by atoms with E-state index in [0.29, 0.717) is 12.5 Å². The van der Waals surface area contributed by atoms with Gasteiger partial charge in [-0.2, -0.15) is 0 Å². The topological polar surface area (TPSA) is 71.1 Å². The van der Waals surface area contributed by atoms with E-state index in [-0.39, 0.29) is 5.84 Å². The van der Waals surface area contributed by atoms with Crippen LogP contribution in [0.4, 0.5) is 0 Å². The summed E-state index contributed by atoms with van der Waals surface area (Å²) in [6.07, 6.45) is 1.60. The fourth-order valence-corrected chi connectivity index (χ4v) is 1.35. The summed E-state index contributed by atoms with van der Waals surface area (Å²) < 4.78 is 5.00. The zero-order valence-corrected chi connectivity index (χ0v) is 9.94. The first-order valence-corrected chi connectivity index (χ1v) is 5.31. The number of rotatable bonds is 8. The van der Waals surface area contributed by atoms with Crippen molar-refractivity contribution in [3.63, 3.8) is 0 Å². The van der Waals surface area contributed by atoms with Crippen molar-refractivity contribution in [2.75, 3.05) is 26.8 Å². The fraction of sp³-hybridized carbons (Fsp3) is 0.900. The first-order chi connectivity index (χ1) is 7.11. The molecular formula is C10H23N3O2. The van der Waals surface area contributed by atoms with Crippen LogP contribution in [0.5, 0.6) is 0 Å². The molecule has 0 radical (unpaired) electrons. The second-order valence-electron chi connectivity index (χ2n) is 3.82. The van der Waals surface area contributed by atoms with Crippen LogP contribution in [0.15, 0.2) is 5.16 Å². The largest absolute Gasteiger partial charge is 0.409 e.